The van der Waals surface area contributed by atoms with Gasteiger partial charge >= 0.3 is 0 Å². The molecule has 2 atom stereocenters. The molecule has 4 nitrogen and oxygen atoms in total. The maximum absolute atomic E-state index is 6.17. The van der Waals surface area contributed by atoms with Crippen molar-refractivity contribution in [2.75, 3.05) is 7.05 Å². The molecule has 0 saturated heterocycles. The molecule has 0 spiro atoms. The highest BCUT2D eigenvalue weighted by Crippen LogP contribution is 2.25. The van der Waals surface area contributed by atoms with Crippen molar-refractivity contribution in [3.05, 3.63) is 51.8 Å². The lowest BCUT2D eigenvalue weighted by molar-refractivity contribution is 0.205. The summed E-state index contributed by atoms with van der Waals surface area (Å²) >= 11 is 3.46. The normalized spacial score (nSPS) is 14.5. The predicted octanol–water partition coefficient (Wildman–Crippen LogP) is 3.27. The molecule has 0 radical (unpaired) electrons. The Bertz CT molecular complexity index is 551. The van der Waals surface area contributed by atoms with Gasteiger partial charge in [0, 0.05) is 29.2 Å². The molecule has 0 aliphatic carbocycles. The second kappa shape index (κ2) is 6.52. The molecule has 1 aromatic heterocycles. The highest BCUT2D eigenvalue weighted by atomic mass is 79.9. The predicted molar refractivity (Wildman–Crippen MR) is 83.2 cm³/mol. The number of aromatic nitrogens is 1. The van der Waals surface area contributed by atoms with E-state index in [1.165, 1.54) is 5.56 Å². The molecule has 2 unspecified atom stereocenters. The minimum Gasteiger partial charge on any atom is -0.361 e. The minimum absolute atomic E-state index is 0.0224. The summed E-state index contributed by atoms with van der Waals surface area (Å²) in [6.45, 7) is 4.63. The van der Waals surface area contributed by atoms with Crippen molar-refractivity contribution in [3.63, 3.8) is 0 Å². The van der Waals surface area contributed by atoms with Gasteiger partial charge in [0.1, 0.15) is 5.76 Å². The maximum Gasteiger partial charge on any atom is 0.133 e. The molecule has 1 aromatic carbocycles. The summed E-state index contributed by atoms with van der Waals surface area (Å²) in [5.74, 6) is 0.828. The van der Waals surface area contributed by atoms with Gasteiger partial charge in [-0.2, -0.15) is 0 Å². The first kappa shape index (κ1) is 15.2. The molecule has 20 heavy (non-hydrogen) atoms. The molecule has 2 N–H and O–H groups in total. The van der Waals surface area contributed by atoms with E-state index in [2.05, 4.69) is 45.2 Å². The van der Waals surface area contributed by atoms with E-state index in [4.69, 9.17) is 10.3 Å². The molecule has 2 rings (SSSR count). The number of aryl methyl sites for hydroxylation is 1. The van der Waals surface area contributed by atoms with Crippen LogP contribution in [-0.4, -0.2) is 23.1 Å². The van der Waals surface area contributed by atoms with Gasteiger partial charge in [-0.25, -0.2) is 0 Å². The molecule has 0 bridgehead atoms. The number of nitrogens with zero attached hydrogens (tertiary/aromatic N) is 2. The van der Waals surface area contributed by atoms with Crippen LogP contribution in [0.1, 0.15) is 30.0 Å². The second-order valence-electron chi connectivity index (χ2n) is 5.20. The van der Waals surface area contributed by atoms with Crippen molar-refractivity contribution in [2.45, 2.75) is 32.5 Å². The van der Waals surface area contributed by atoms with Crippen LogP contribution in [-0.2, 0) is 6.54 Å². The standard InChI is InChI=1S/C15H20BrN3O/c1-10-8-14(18-20-10)9-19(3)15(11(2)17)12-4-6-13(16)7-5-12/h4-8,11,15H,9,17H2,1-3H3. The zero-order chi connectivity index (χ0) is 14.7. The summed E-state index contributed by atoms with van der Waals surface area (Å²) in [7, 11) is 2.06. The van der Waals surface area contributed by atoms with E-state index in [0.717, 1.165) is 15.9 Å². The van der Waals surface area contributed by atoms with Gasteiger partial charge in [-0.1, -0.05) is 33.2 Å². The van der Waals surface area contributed by atoms with Crippen molar-refractivity contribution in [1.82, 2.24) is 10.1 Å². The van der Waals surface area contributed by atoms with Crippen molar-refractivity contribution < 1.29 is 4.52 Å². The third-order valence-electron chi connectivity index (χ3n) is 3.27. The number of nitrogens with two attached hydrogens (primary N) is 1. The molecule has 0 aliphatic heterocycles. The molecule has 5 heteroatoms. The fraction of sp³-hybridized carbons (Fsp3) is 0.400. The zero-order valence-corrected chi connectivity index (χ0v) is 13.6. The molecule has 2 aromatic rings. The average molecular weight is 338 g/mol. The quantitative estimate of drug-likeness (QED) is 0.909. The average Bonchev–Trinajstić information content (AvgIpc) is 2.77. The van der Waals surface area contributed by atoms with Crippen LogP contribution in [0.2, 0.25) is 0 Å². The lowest BCUT2D eigenvalue weighted by atomic mass is 9.99. The van der Waals surface area contributed by atoms with Crippen LogP contribution in [0.25, 0.3) is 0 Å². The molecule has 0 saturated carbocycles. The lowest BCUT2D eigenvalue weighted by Crippen LogP contribution is -2.37. The smallest absolute Gasteiger partial charge is 0.133 e. The third kappa shape index (κ3) is 3.69. The van der Waals surface area contributed by atoms with Crippen LogP contribution in [0.15, 0.2) is 39.3 Å². The van der Waals surface area contributed by atoms with Crippen molar-refractivity contribution in [1.29, 1.82) is 0 Å². The van der Waals surface area contributed by atoms with Gasteiger partial charge in [0.2, 0.25) is 0 Å². The number of benzene rings is 1. The van der Waals surface area contributed by atoms with E-state index in [1.54, 1.807) is 0 Å². The highest BCUT2D eigenvalue weighted by molar-refractivity contribution is 9.10. The largest absolute Gasteiger partial charge is 0.361 e. The first-order valence-corrected chi connectivity index (χ1v) is 7.40. The number of likely N-dealkylation sites (N-methyl/N-ethyl adjacent to an activating group) is 1. The molecule has 0 amide bonds. The van der Waals surface area contributed by atoms with Gasteiger partial charge in [-0.05, 0) is 38.6 Å². The van der Waals surface area contributed by atoms with Gasteiger partial charge in [0.25, 0.3) is 0 Å². The van der Waals surface area contributed by atoms with Gasteiger partial charge in [0.15, 0.2) is 0 Å². The molecular weight excluding hydrogens is 318 g/mol. The molecule has 108 valence electrons. The summed E-state index contributed by atoms with van der Waals surface area (Å²) in [5.41, 5.74) is 8.29. The highest BCUT2D eigenvalue weighted by Gasteiger charge is 2.22. The Morgan fingerprint density at radius 3 is 2.50 bits per heavy atom. The van der Waals surface area contributed by atoms with Crippen molar-refractivity contribution in [3.8, 4) is 0 Å². The summed E-state index contributed by atoms with van der Waals surface area (Å²) in [6, 6.07) is 10.4. The van der Waals surface area contributed by atoms with Crippen LogP contribution in [0.4, 0.5) is 0 Å². The van der Waals surface area contributed by atoms with E-state index in [9.17, 15) is 0 Å². The van der Waals surface area contributed by atoms with Gasteiger partial charge in [-0.3, -0.25) is 4.90 Å². The second-order valence-corrected chi connectivity index (χ2v) is 6.12. The van der Waals surface area contributed by atoms with Crippen molar-refractivity contribution >= 4 is 15.9 Å². The number of hydrogen-bond acceptors (Lipinski definition) is 4. The Hall–Kier alpha value is -1.17. The van der Waals surface area contributed by atoms with Crippen LogP contribution >= 0.6 is 15.9 Å². The third-order valence-corrected chi connectivity index (χ3v) is 3.80. The Labute approximate surface area is 128 Å². The SMILES string of the molecule is Cc1cc(CN(C)C(c2ccc(Br)cc2)C(C)N)no1. The molecule has 0 aliphatic rings. The van der Waals surface area contributed by atoms with Gasteiger partial charge in [-0.15, -0.1) is 0 Å². The Kier molecular flexibility index (Phi) is 4.96. The van der Waals surface area contributed by atoms with E-state index in [1.807, 2.05) is 32.0 Å². The van der Waals surface area contributed by atoms with E-state index < -0.39 is 0 Å². The summed E-state index contributed by atoms with van der Waals surface area (Å²) in [4.78, 5) is 2.20. The summed E-state index contributed by atoms with van der Waals surface area (Å²) in [6.07, 6.45) is 0. The van der Waals surface area contributed by atoms with Gasteiger partial charge < -0.3 is 10.3 Å². The molecular formula is C15H20BrN3O. The Balaban J connectivity index is 2.17. The molecule has 1 heterocycles. The van der Waals surface area contributed by atoms with E-state index in [0.29, 0.717) is 6.54 Å². The van der Waals surface area contributed by atoms with Crippen LogP contribution < -0.4 is 5.73 Å². The molecule has 0 fully saturated rings. The number of rotatable bonds is 5. The van der Waals surface area contributed by atoms with Crippen molar-refractivity contribution in [2.24, 2.45) is 5.73 Å². The Morgan fingerprint density at radius 2 is 2.00 bits per heavy atom. The fourth-order valence-corrected chi connectivity index (χ4v) is 2.73. The van der Waals surface area contributed by atoms with Gasteiger partial charge in [0.05, 0.1) is 5.69 Å². The summed E-state index contributed by atoms with van der Waals surface area (Å²) < 4.78 is 6.18. The minimum atomic E-state index is 0.0224. The van der Waals surface area contributed by atoms with Crippen LogP contribution in [0.5, 0.6) is 0 Å². The Morgan fingerprint density at radius 1 is 1.35 bits per heavy atom. The van der Waals surface area contributed by atoms with E-state index >= 15 is 0 Å². The zero-order valence-electron chi connectivity index (χ0n) is 12.0. The van der Waals surface area contributed by atoms with Crippen LogP contribution in [0.3, 0.4) is 0 Å². The number of halogens is 1. The topological polar surface area (TPSA) is 55.3 Å². The first-order valence-electron chi connectivity index (χ1n) is 6.61. The van der Waals surface area contributed by atoms with E-state index in [-0.39, 0.29) is 12.1 Å². The van der Waals surface area contributed by atoms with Crippen LogP contribution in [0, 0.1) is 6.92 Å². The number of hydrogen-bond donors (Lipinski definition) is 1. The monoisotopic (exact) mass is 337 g/mol. The lowest BCUT2D eigenvalue weighted by Gasteiger charge is -2.31. The maximum atomic E-state index is 6.17. The first-order chi connectivity index (χ1) is 9.47. The fourth-order valence-electron chi connectivity index (χ4n) is 2.47. The summed E-state index contributed by atoms with van der Waals surface area (Å²) in [5, 5.41) is 4.04.